The van der Waals surface area contributed by atoms with Gasteiger partial charge < -0.3 is 10.4 Å². The third kappa shape index (κ3) is 2.91. The molecule has 31 heavy (non-hydrogen) atoms. The quantitative estimate of drug-likeness (QED) is 0.625. The van der Waals surface area contributed by atoms with Crippen molar-refractivity contribution >= 4 is 11.6 Å². The number of nitrogens with one attached hydrogen (secondary N) is 1. The summed E-state index contributed by atoms with van der Waals surface area (Å²) in [4.78, 5) is 13.6. The number of anilines is 1. The van der Waals surface area contributed by atoms with Gasteiger partial charge in [0.25, 0.3) is 0 Å². The van der Waals surface area contributed by atoms with Gasteiger partial charge in [-0.1, -0.05) is 32.0 Å². The van der Waals surface area contributed by atoms with Gasteiger partial charge in [0.1, 0.15) is 0 Å². The summed E-state index contributed by atoms with van der Waals surface area (Å²) >= 11 is 0. The molecule has 0 bridgehead atoms. The average Bonchev–Trinajstić information content (AvgIpc) is 3.32. The topological polar surface area (TPSA) is 49.3 Å². The molecule has 1 aromatic carbocycles. The van der Waals surface area contributed by atoms with Crippen molar-refractivity contribution in [1.82, 2.24) is 0 Å². The van der Waals surface area contributed by atoms with Gasteiger partial charge in [0.2, 0.25) is 5.91 Å². The van der Waals surface area contributed by atoms with Gasteiger partial charge in [-0.3, -0.25) is 4.79 Å². The van der Waals surface area contributed by atoms with Crippen LogP contribution in [0.1, 0.15) is 72.1 Å². The van der Waals surface area contributed by atoms with Crippen LogP contribution in [0.2, 0.25) is 0 Å². The maximum atomic E-state index is 13.6. The van der Waals surface area contributed by atoms with E-state index in [-0.39, 0.29) is 17.2 Å². The first-order valence-electron chi connectivity index (χ1n) is 12.8. The zero-order chi connectivity index (χ0) is 21.6. The van der Waals surface area contributed by atoms with Crippen LogP contribution in [-0.2, 0) is 4.79 Å². The minimum absolute atomic E-state index is 0.144. The van der Waals surface area contributed by atoms with Gasteiger partial charge in [-0.15, -0.1) is 0 Å². The molecule has 0 saturated heterocycles. The number of carbonyl (C=O) groups excluding carboxylic acids is 1. The molecule has 1 aromatic rings. The summed E-state index contributed by atoms with van der Waals surface area (Å²) in [5, 5.41) is 13.9. The molecule has 6 rings (SSSR count). The highest BCUT2D eigenvalue weighted by Gasteiger charge is 2.76. The third-order valence-electron chi connectivity index (χ3n) is 10.9. The van der Waals surface area contributed by atoms with Crippen molar-refractivity contribution in [3.8, 4) is 0 Å². The third-order valence-corrected chi connectivity index (χ3v) is 10.9. The fourth-order valence-electron chi connectivity index (χ4n) is 9.86. The van der Waals surface area contributed by atoms with Crippen LogP contribution >= 0.6 is 0 Å². The van der Waals surface area contributed by atoms with Gasteiger partial charge >= 0.3 is 0 Å². The molecule has 0 aliphatic heterocycles. The zero-order valence-corrected chi connectivity index (χ0v) is 19.4. The number of benzene rings is 1. The van der Waals surface area contributed by atoms with E-state index in [1.807, 2.05) is 30.3 Å². The lowest BCUT2D eigenvalue weighted by molar-refractivity contribution is -0.135. The Kier molecular flexibility index (Phi) is 4.31. The SMILES string of the molecule is CC12CC1[C@H](C(=O)Nc1ccccc1)[C@@]1(C)CC[C@H]3[C@@H](CC[C@@H]4C[C@](C)(O)CC[C@@H]43)[C@H]21. The number of fused-ring (bicyclic) bond motifs is 7. The minimum atomic E-state index is -0.446. The highest BCUT2D eigenvalue weighted by atomic mass is 16.3. The van der Waals surface area contributed by atoms with Crippen LogP contribution in [0.3, 0.4) is 0 Å². The number of aliphatic hydroxyl groups is 1. The van der Waals surface area contributed by atoms with E-state index in [0.717, 1.165) is 42.2 Å². The van der Waals surface area contributed by atoms with Crippen LogP contribution in [0.25, 0.3) is 0 Å². The molecule has 5 fully saturated rings. The first-order valence-corrected chi connectivity index (χ1v) is 12.8. The highest BCUT2D eigenvalue weighted by molar-refractivity contribution is 5.94. The minimum Gasteiger partial charge on any atom is -0.390 e. The molecule has 0 aromatic heterocycles. The maximum absolute atomic E-state index is 13.6. The number of amides is 1. The molecule has 2 N–H and O–H groups in total. The van der Waals surface area contributed by atoms with Crippen molar-refractivity contribution in [2.45, 2.75) is 77.7 Å². The summed E-state index contributed by atoms with van der Waals surface area (Å²) in [6, 6.07) is 10.0. The molecule has 168 valence electrons. The zero-order valence-electron chi connectivity index (χ0n) is 19.4. The Hall–Kier alpha value is -1.35. The van der Waals surface area contributed by atoms with Crippen molar-refractivity contribution in [3.63, 3.8) is 0 Å². The van der Waals surface area contributed by atoms with Gasteiger partial charge in [0, 0.05) is 11.6 Å². The van der Waals surface area contributed by atoms with E-state index in [1.165, 1.54) is 38.5 Å². The molecule has 0 radical (unpaired) electrons. The van der Waals surface area contributed by atoms with Gasteiger partial charge in [-0.25, -0.2) is 0 Å². The van der Waals surface area contributed by atoms with Gasteiger partial charge in [0.05, 0.1) is 5.60 Å². The van der Waals surface area contributed by atoms with Crippen molar-refractivity contribution < 1.29 is 9.90 Å². The molecule has 1 amide bonds. The number of rotatable bonds is 2. The molecule has 5 aliphatic carbocycles. The summed E-state index contributed by atoms with van der Waals surface area (Å²) in [7, 11) is 0. The normalized spacial score (nSPS) is 52.3. The van der Waals surface area contributed by atoms with E-state index in [2.05, 4.69) is 26.1 Å². The largest absolute Gasteiger partial charge is 0.390 e. The van der Waals surface area contributed by atoms with Crippen LogP contribution in [-0.4, -0.2) is 16.6 Å². The van der Waals surface area contributed by atoms with E-state index < -0.39 is 5.60 Å². The lowest BCUT2D eigenvalue weighted by Crippen LogP contribution is -2.53. The number of para-hydroxylation sites is 1. The highest BCUT2D eigenvalue weighted by Crippen LogP contribution is 2.80. The van der Waals surface area contributed by atoms with E-state index in [4.69, 9.17) is 0 Å². The molecule has 0 heterocycles. The predicted octanol–water partition coefficient (Wildman–Crippen LogP) is 5.89. The maximum Gasteiger partial charge on any atom is 0.228 e. The lowest BCUT2D eigenvalue weighted by Gasteiger charge is -2.58. The molecule has 5 saturated carbocycles. The van der Waals surface area contributed by atoms with Gasteiger partial charge in [-0.2, -0.15) is 0 Å². The molecule has 5 aliphatic rings. The van der Waals surface area contributed by atoms with E-state index in [1.54, 1.807) is 0 Å². The molecule has 3 nitrogen and oxygen atoms in total. The first-order chi connectivity index (χ1) is 14.7. The fourth-order valence-corrected chi connectivity index (χ4v) is 9.86. The summed E-state index contributed by atoms with van der Waals surface area (Å²) in [6.45, 7) is 7.03. The Morgan fingerprint density at radius 3 is 2.42 bits per heavy atom. The Morgan fingerprint density at radius 1 is 0.903 bits per heavy atom. The standard InChI is InChI=1S/C28H39NO2/c1-26(31)13-11-19-17(15-26)9-10-21-20(19)12-14-27(2)23(22-16-28(22,3)24(21)27)25(30)29-18-7-5-4-6-8-18/h4-8,17,19-24,31H,9-16H2,1-3H3,(H,29,30)/t17-,19+,20-,21-,22?,23-,24+,26-,27-,28?/m1/s1. The van der Waals surface area contributed by atoms with Gasteiger partial charge in [0.15, 0.2) is 0 Å². The molecular weight excluding hydrogens is 382 g/mol. The second-order valence-electron chi connectivity index (χ2n) is 12.7. The van der Waals surface area contributed by atoms with Crippen LogP contribution < -0.4 is 5.32 Å². The molecule has 3 heteroatoms. The van der Waals surface area contributed by atoms with Crippen molar-refractivity contribution in [3.05, 3.63) is 30.3 Å². The second-order valence-corrected chi connectivity index (χ2v) is 12.7. The Morgan fingerprint density at radius 2 is 1.65 bits per heavy atom. The average molecular weight is 422 g/mol. The monoisotopic (exact) mass is 421 g/mol. The smallest absolute Gasteiger partial charge is 0.228 e. The Bertz CT molecular complexity index is 880. The first kappa shape index (κ1) is 20.3. The van der Waals surface area contributed by atoms with Crippen LogP contribution in [0.15, 0.2) is 30.3 Å². The van der Waals surface area contributed by atoms with Crippen molar-refractivity contribution in [2.24, 2.45) is 52.3 Å². The summed E-state index contributed by atoms with van der Waals surface area (Å²) in [5.74, 6) is 4.82. The fraction of sp³-hybridized carbons (Fsp3) is 0.750. The van der Waals surface area contributed by atoms with E-state index in [0.29, 0.717) is 17.3 Å². The molecular formula is C28H39NO2. The van der Waals surface area contributed by atoms with E-state index in [9.17, 15) is 9.90 Å². The number of carbonyl (C=O) groups is 1. The van der Waals surface area contributed by atoms with Crippen LogP contribution in [0.4, 0.5) is 5.69 Å². The Labute approximate surface area is 187 Å². The van der Waals surface area contributed by atoms with Crippen LogP contribution in [0.5, 0.6) is 0 Å². The second kappa shape index (κ2) is 6.59. The number of hydrogen-bond acceptors (Lipinski definition) is 2. The summed E-state index contributed by atoms with van der Waals surface area (Å²) in [5.41, 5.74) is 0.998. The predicted molar refractivity (Wildman–Crippen MR) is 123 cm³/mol. The molecule has 0 spiro atoms. The van der Waals surface area contributed by atoms with Gasteiger partial charge in [-0.05, 0) is 117 Å². The summed E-state index contributed by atoms with van der Waals surface area (Å²) < 4.78 is 0. The number of hydrogen-bond donors (Lipinski definition) is 2. The Balaban J connectivity index is 1.27. The van der Waals surface area contributed by atoms with Crippen molar-refractivity contribution in [1.29, 1.82) is 0 Å². The lowest BCUT2D eigenvalue weighted by atomic mass is 9.47. The van der Waals surface area contributed by atoms with Crippen molar-refractivity contribution in [2.75, 3.05) is 5.32 Å². The van der Waals surface area contributed by atoms with Crippen LogP contribution in [0, 0.1) is 52.3 Å². The molecule has 10 atom stereocenters. The summed E-state index contributed by atoms with van der Waals surface area (Å²) in [6.07, 6.45) is 9.53. The molecule has 2 unspecified atom stereocenters. The van der Waals surface area contributed by atoms with E-state index >= 15 is 0 Å².